The number of nitrogen functional groups attached to an aromatic ring is 2. The summed E-state index contributed by atoms with van der Waals surface area (Å²) in [4.78, 5) is 72.7. The van der Waals surface area contributed by atoms with Crippen LogP contribution in [0.3, 0.4) is 0 Å². The minimum absolute atomic E-state index is 0.0227. The van der Waals surface area contributed by atoms with E-state index in [-0.39, 0.29) is 45.3 Å². The summed E-state index contributed by atoms with van der Waals surface area (Å²) < 4.78 is 36.3. The molecular weight excluding hydrogens is 883 g/mol. The molecule has 2 fully saturated rings. The highest BCUT2D eigenvalue weighted by molar-refractivity contribution is 8.14. The summed E-state index contributed by atoms with van der Waals surface area (Å²) in [5.74, 6) is -1.06. The minimum Gasteiger partial charge on any atom is -0.453 e. The molecule has 61 heavy (non-hydrogen) atoms. The Morgan fingerprint density at radius 1 is 0.672 bits per heavy atom. The number of rotatable bonds is 14. The average molecular weight is 917 g/mol. The van der Waals surface area contributed by atoms with Crippen LogP contribution in [0.2, 0.25) is 0 Å². The van der Waals surface area contributed by atoms with Crippen molar-refractivity contribution in [3.05, 3.63) is 96.6 Å². The zero-order chi connectivity index (χ0) is 43.2. The van der Waals surface area contributed by atoms with E-state index in [1.54, 1.807) is 30.3 Å². The molecule has 27 heteroatoms. The Hall–Kier alpha value is -4.82. The third-order valence-electron chi connectivity index (χ3n) is 9.64. The van der Waals surface area contributed by atoms with E-state index in [9.17, 15) is 34.7 Å². The van der Waals surface area contributed by atoms with Gasteiger partial charge in [0.15, 0.2) is 47.3 Å². The second kappa shape index (κ2) is 17.2. The van der Waals surface area contributed by atoms with Gasteiger partial charge in [0.1, 0.15) is 54.2 Å². The lowest BCUT2D eigenvalue weighted by molar-refractivity contribution is -0.0514. The molecule has 0 saturated carbocycles. The van der Waals surface area contributed by atoms with E-state index in [1.807, 2.05) is 0 Å². The molecule has 10 atom stereocenters. The van der Waals surface area contributed by atoms with Crippen LogP contribution in [0.5, 0.6) is 0 Å². The predicted octanol–water partition coefficient (Wildman–Crippen LogP) is 0.648. The molecule has 0 aliphatic carbocycles. The van der Waals surface area contributed by atoms with Gasteiger partial charge in [-0.3, -0.25) is 13.9 Å². The first-order valence-corrected chi connectivity index (χ1v) is 23.1. The fraction of sp³-hybridized carbons (Fsp3) is 0.294. The summed E-state index contributed by atoms with van der Waals surface area (Å²) in [5.41, 5.74) is 13.4. The summed E-state index contributed by atoms with van der Waals surface area (Å²) in [6.45, 7) is -10.3. The van der Waals surface area contributed by atoms with Crippen molar-refractivity contribution in [1.82, 2.24) is 39.0 Å². The van der Waals surface area contributed by atoms with Crippen molar-refractivity contribution in [3.63, 3.8) is 0 Å². The molecule has 320 valence electrons. The van der Waals surface area contributed by atoms with Crippen molar-refractivity contribution in [3.8, 4) is 0 Å². The van der Waals surface area contributed by atoms with Crippen LogP contribution in [0.25, 0.3) is 22.3 Å². The number of anilines is 2. The number of benzene rings is 2. The normalized spacial score (nSPS) is 26.0. The van der Waals surface area contributed by atoms with E-state index < -0.39 is 81.7 Å². The van der Waals surface area contributed by atoms with Crippen LogP contribution >= 0.6 is 13.4 Å². The fourth-order valence-electron chi connectivity index (χ4n) is 6.66. The van der Waals surface area contributed by atoms with Gasteiger partial charge in [0.25, 0.3) is 0 Å². The molecule has 6 heterocycles. The van der Waals surface area contributed by atoms with E-state index in [1.165, 1.54) is 58.7 Å². The van der Waals surface area contributed by atoms with Crippen molar-refractivity contribution in [2.24, 2.45) is 0 Å². The molecule has 23 nitrogen and oxygen atoms in total. The third-order valence-corrected chi connectivity index (χ3v) is 14.1. The first-order chi connectivity index (χ1) is 29.1. The number of aliphatic hydroxyl groups excluding tert-OH is 3. The van der Waals surface area contributed by atoms with Crippen LogP contribution in [0.4, 0.5) is 11.6 Å². The lowest BCUT2D eigenvalue weighted by atomic mass is 10.0. The number of nitrogens with two attached hydrogens (primary N) is 2. The number of carbonyl (C=O) groups excluding carboxylic acids is 2. The van der Waals surface area contributed by atoms with Crippen LogP contribution < -0.4 is 11.5 Å². The Morgan fingerprint density at radius 3 is 1.74 bits per heavy atom. The van der Waals surface area contributed by atoms with Crippen LogP contribution in [-0.2, 0) is 51.2 Å². The molecule has 6 aromatic rings. The van der Waals surface area contributed by atoms with Gasteiger partial charge in [0.2, 0.25) is 0 Å². The highest BCUT2D eigenvalue weighted by Crippen LogP contribution is 2.61. The van der Waals surface area contributed by atoms with Gasteiger partial charge in [-0.2, -0.15) is 0 Å². The number of ketones is 1. The number of carbonyl (C=O) groups is 2. The molecule has 0 amide bonds. The molecule has 2 saturated heterocycles. The quantitative estimate of drug-likeness (QED) is 0.0448. The summed E-state index contributed by atoms with van der Waals surface area (Å²) in [6, 6.07) is 14.2. The number of nitrogens with zero attached hydrogens (tertiary/aromatic N) is 8. The van der Waals surface area contributed by atoms with Crippen molar-refractivity contribution < 1.29 is 62.3 Å². The number of aromatic nitrogens is 8. The number of imidazole rings is 2. The number of hydrogen-bond donors (Lipinski definition) is 7. The number of esters is 1. The van der Waals surface area contributed by atoms with Crippen LogP contribution in [0, 0.1) is 0 Å². The molecule has 2 aliphatic rings. The monoisotopic (exact) mass is 916 g/mol. The van der Waals surface area contributed by atoms with Gasteiger partial charge in [0.05, 0.1) is 31.4 Å². The highest BCUT2D eigenvalue weighted by Gasteiger charge is 2.49. The highest BCUT2D eigenvalue weighted by atomic mass is 32.5. The van der Waals surface area contributed by atoms with Crippen LogP contribution in [-0.4, -0.2) is 126 Å². The van der Waals surface area contributed by atoms with Crippen molar-refractivity contribution in [2.75, 3.05) is 24.7 Å². The molecule has 8 rings (SSSR count). The smallest absolute Gasteiger partial charge is 0.338 e. The predicted molar refractivity (Wildman–Crippen MR) is 217 cm³/mol. The third kappa shape index (κ3) is 8.80. The van der Waals surface area contributed by atoms with Crippen LogP contribution in [0.1, 0.15) is 38.7 Å². The lowest BCUT2D eigenvalue weighted by Crippen LogP contribution is -2.38. The molecule has 4 aromatic heterocycles. The molecule has 9 N–H and O–H groups in total. The van der Waals surface area contributed by atoms with Gasteiger partial charge >= 0.3 is 19.4 Å². The van der Waals surface area contributed by atoms with Gasteiger partial charge in [-0.25, -0.2) is 39.0 Å². The summed E-state index contributed by atoms with van der Waals surface area (Å²) >= 11 is 10.2. The van der Waals surface area contributed by atoms with Gasteiger partial charge < -0.3 is 59.8 Å². The SMILES string of the molecule is Nc1ncnc2c1ncn2[C@@H]1O[C@H](COP(O)(=S)OP(O)(=S)OC[C@H]2O[C@@H](n3cnc4c(N)ncnc43)[C@H](O)[C@@H]2OC(=O)c2ccc(C(=O)c3ccccc3)cc2)[C@@H](O)[C@H]1O. The second-order valence-corrected chi connectivity index (χ2v) is 19.3. The standard InChI is InChI=1S/C34H34N10O13P2S2/c35-28-21-30(39-12-37-28)43(14-41-21)32-25(47)24(46)19(54-32)10-52-58(50,60)57-59(51,61)53-11-20-27(26(48)33(55-20)44-15-42-22-29(36)38-13-40-31(22)44)56-34(49)18-8-6-17(7-9-18)23(45)16-4-2-1-3-5-16/h1-9,12-15,19-20,24-27,32-33,46-48H,10-11H2,(H,50,60)(H,51,61)(H2,35,37,39)(H2,36,38,40)/t19-,20-,24-,25-,26-,27-,32-,33-,58?,59?/m1/s1. The maximum atomic E-state index is 13.5. The van der Waals surface area contributed by atoms with Crippen molar-refractivity contribution >= 4 is 82.8 Å². The molecular formula is C34H34N10O13P2S2. The van der Waals surface area contributed by atoms with Crippen LogP contribution in [0.15, 0.2) is 79.9 Å². The number of aliphatic hydroxyl groups is 3. The van der Waals surface area contributed by atoms with Gasteiger partial charge in [-0.1, -0.05) is 42.5 Å². The topological polar surface area (TPSA) is 330 Å². The molecule has 0 spiro atoms. The first kappa shape index (κ1) is 42.9. The van der Waals surface area contributed by atoms with Gasteiger partial charge in [0, 0.05) is 11.1 Å². The summed E-state index contributed by atoms with van der Waals surface area (Å²) in [7, 11) is 0. The maximum absolute atomic E-state index is 13.5. The molecule has 2 aliphatic heterocycles. The lowest BCUT2D eigenvalue weighted by Gasteiger charge is -2.25. The maximum Gasteiger partial charge on any atom is 0.338 e. The van der Waals surface area contributed by atoms with Gasteiger partial charge in [-0.15, -0.1) is 0 Å². The van der Waals surface area contributed by atoms with Crippen molar-refractivity contribution in [1.29, 1.82) is 0 Å². The van der Waals surface area contributed by atoms with E-state index in [0.29, 0.717) is 11.1 Å². The zero-order valence-electron chi connectivity index (χ0n) is 31.0. The Balaban J connectivity index is 0.941. The molecule has 2 aromatic carbocycles. The Labute approximate surface area is 353 Å². The minimum atomic E-state index is -4.52. The fourth-order valence-corrected chi connectivity index (χ4v) is 11.1. The zero-order valence-corrected chi connectivity index (χ0v) is 34.4. The van der Waals surface area contributed by atoms with E-state index in [0.717, 1.165) is 0 Å². The summed E-state index contributed by atoms with van der Waals surface area (Å²) in [5, 5.41) is 33.1. The number of fused-ring (bicyclic) bond motifs is 2. The van der Waals surface area contributed by atoms with E-state index in [4.69, 9.17) is 62.6 Å². The second-order valence-electron chi connectivity index (χ2n) is 13.5. The number of ether oxygens (including phenoxy) is 3. The van der Waals surface area contributed by atoms with E-state index in [2.05, 4.69) is 29.9 Å². The van der Waals surface area contributed by atoms with Crippen molar-refractivity contribution in [2.45, 2.75) is 49.1 Å². The molecule has 0 bridgehead atoms. The first-order valence-electron chi connectivity index (χ1n) is 17.9. The molecule has 2 unspecified atom stereocenters. The average Bonchev–Trinajstić information content (AvgIpc) is 4.01. The molecule has 0 radical (unpaired) electrons. The number of hydrogen-bond acceptors (Lipinski definition) is 21. The van der Waals surface area contributed by atoms with Gasteiger partial charge in [-0.05, 0) is 35.7 Å². The Kier molecular flexibility index (Phi) is 12.0. The van der Waals surface area contributed by atoms with E-state index >= 15 is 0 Å². The summed E-state index contributed by atoms with van der Waals surface area (Å²) in [6.07, 6.45) is -6.45. The largest absolute Gasteiger partial charge is 0.453 e. The Bertz CT molecular complexity index is 2700. The Morgan fingerprint density at radius 2 is 1.16 bits per heavy atom.